The van der Waals surface area contributed by atoms with Gasteiger partial charge in [0.15, 0.2) is 11.0 Å². The second-order valence-corrected chi connectivity index (χ2v) is 6.95. The van der Waals surface area contributed by atoms with Gasteiger partial charge in [0.2, 0.25) is 5.91 Å². The molecule has 0 radical (unpaired) electrons. The number of hydrogen-bond acceptors (Lipinski definition) is 5. The first-order chi connectivity index (χ1) is 12.5. The van der Waals surface area contributed by atoms with Crippen LogP contribution in [0.5, 0.6) is 0 Å². The first-order valence-corrected chi connectivity index (χ1v) is 9.18. The largest absolute Gasteiger partial charge is 0.378 e. The highest BCUT2D eigenvalue weighted by Gasteiger charge is 2.12. The number of amides is 1. The molecule has 2 aromatic carbocycles. The molecule has 3 aromatic rings. The van der Waals surface area contributed by atoms with Gasteiger partial charge in [0.25, 0.3) is 0 Å². The molecule has 0 spiro atoms. The smallest absolute Gasteiger partial charge is 0.234 e. The van der Waals surface area contributed by atoms with Crippen molar-refractivity contribution in [3.05, 3.63) is 54.6 Å². The van der Waals surface area contributed by atoms with E-state index in [0.717, 1.165) is 22.8 Å². The molecule has 0 aliphatic heterocycles. The van der Waals surface area contributed by atoms with E-state index in [9.17, 15) is 4.79 Å². The van der Waals surface area contributed by atoms with Crippen molar-refractivity contribution in [2.45, 2.75) is 5.16 Å². The summed E-state index contributed by atoms with van der Waals surface area (Å²) in [6.45, 7) is 0. The Balaban J connectivity index is 1.59. The van der Waals surface area contributed by atoms with Crippen molar-refractivity contribution in [3.8, 4) is 11.4 Å². The molecule has 0 bridgehead atoms. The fourth-order valence-electron chi connectivity index (χ4n) is 2.45. The number of thioether (sulfide) groups is 1. The first kappa shape index (κ1) is 18.0. The van der Waals surface area contributed by atoms with Crippen LogP contribution in [-0.2, 0) is 11.8 Å². The lowest BCUT2D eigenvalue weighted by Crippen LogP contribution is -2.15. The molecule has 26 heavy (non-hydrogen) atoms. The van der Waals surface area contributed by atoms with Crippen LogP contribution in [0.4, 0.5) is 11.4 Å². The maximum atomic E-state index is 12.2. The molecular weight excluding hydrogens is 346 g/mol. The van der Waals surface area contributed by atoms with Crippen molar-refractivity contribution in [2.75, 3.05) is 30.1 Å². The number of rotatable bonds is 6. The third kappa shape index (κ3) is 4.23. The lowest BCUT2D eigenvalue weighted by atomic mass is 10.2. The number of carbonyl (C=O) groups is 1. The third-order valence-corrected chi connectivity index (χ3v) is 4.89. The summed E-state index contributed by atoms with van der Waals surface area (Å²) in [6, 6.07) is 17.6. The molecule has 0 unspecified atom stereocenters. The van der Waals surface area contributed by atoms with Crippen LogP contribution in [0.1, 0.15) is 0 Å². The predicted molar refractivity (Wildman–Crippen MR) is 107 cm³/mol. The highest BCUT2D eigenvalue weighted by atomic mass is 32.2. The van der Waals surface area contributed by atoms with Crippen molar-refractivity contribution in [3.63, 3.8) is 0 Å². The van der Waals surface area contributed by atoms with Gasteiger partial charge in [-0.15, -0.1) is 10.2 Å². The van der Waals surface area contributed by atoms with Gasteiger partial charge in [-0.25, -0.2) is 0 Å². The number of hydrogen-bond donors (Lipinski definition) is 1. The minimum atomic E-state index is -0.0723. The highest BCUT2D eigenvalue weighted by Crippen LogP contribution is 2.22. The van der Waals surface area contributed by atoms with Gasteiger partial charge < -0.3 is 14.8 Å². The minimum absolute atomic E-state index is 0.0723. The van der Waals surface area contributed by atoms with Crippen LogP contribution in [0.25, 0.3) is 11.4 Å². The van der Waals surface area contributed by atoms with Crippen LogP contribution < -0.4 is 10.2 Å². The Morgan fingerprint density at radius 3 is 2.42 bits per heavy atom. The summed E-state index contributed by atoms with van der Waals surface area (Å²) in [6.07, 6.45) is 0. The lowest BCUT2D eigenvalue weighted by molar-refractivity contribution is -0.113. The van der Waals surface area contributed by atoms with Gasteiger partial charge in [0.05, 0.1) is 5.75 Å². The SMILES string of the molecule is CN(C)c1ccc(NC(=O)CSc2nnc(-c3ccccc3)n2C)cc1. The maximum absolute atomic E-state index is 12.2. The number of aromatic nitrogens is 3. The molecule has 0 atom stereocenters. The summed E-state index contributed by atoms with van der Waals surface area (Å²) in [5.74, 6) is 0.987. The molecular formula is C19H21N5OS. The van der Waals surface area contributed by atoms with Crippen LogP contribution >= 0.6 is 11.8 Å². The molecule has 0 aliphatic rings. The van der Waals surface area contributed by atoms with E-state index in [1.54, 1.807) is 0 Å². The second-order valence-electron chi connectivity index (χ2n) is 6.01. The van der Waals surface area contributed by atoms with Gasteiger partial charge in [0, 0.05) is 38.1 Å². The average molecular weight is 367 g/mol. The zero-order valence-corrected chi connectivity index (χ0v) is 15.8. The third-order valence-electron chi connectivity index (χ3n) is 3.87. The van der Waals surface area contributed by atoms with Gasteiger partial charge >= 0.3 is 0 Å². The molecule has 0 saturated carbocycles. The summed E-state index contributed by atoms with van der Waals surface area (Å²) in [4.78, 5) is 14.2. The van der Waals surface area contributed by atoms with Crippen LogP contribution in [0.15, 0.2) is 59.8 Å². The molecule has 1 heterocycles. The summed E-state index contributed by atoms with van der Waals surface area (Å²) in [7, 11) is 5.87. The van der Waals surface area contributed by atoms with Gasteiger partial charge in [-0.05, 0) is 24.3 Å². The van der Waals surface area contributed by atoms with Crippen molar-refractivity contribution < 1.29 is 4.79 Å². The Morgan fingerprint density at radius 1 is 1.08 bits per heavy atom. The average Bonchev–Trinajstić information content (AvgIpc) is 3.02. The van der Waals surface area contributed by atoms with Crippen LogP contribution in [0, 0.1) is 0 Å². The second kappa shape index (κ2) is 8.05. The Hall–Kier alpha value is -2.80. The number of benzene rings is 2. The molecule has 6 nitrogen and oxygen atoms in total. The van der Waals surface area contributed by atoms with E-state index in [4.69, 9.17) is 0 Å². The number of nitrogens with zero attached hydrogens (tertiary/aromatic N) is 4. The van der Waals surface area contributed by atoms with Gasteiger partial charge in [-0.1, -0.05) is 42.1 Å². The molecule has 3 rings (SSSR count). The minimum Gasteiger partial charge on any atom is -0.378 e. The van der Waals surface area contributed by atoms with E-state index in [-0.39, 0.29) is 11.7 Å². The van der Waals surface area contributed by atoms with Crippen LogP contribution in [0.3, 0.4) is 0 Å². The lowest BCUT2D eigenvalue weighted by Gasteiger charge is -2.13. The molecule has 134 valence electrons. The Morgan fingerprint density at radius 2 is 1.77 bits per heavy atom. The number of carbonyl (C=O) groups excluding carboxylic acids is 1. The predicted octanol–water partition coefficient (Wildman–Crippen LogP) is 3.28. The van der Waals surface area contributed by atoms with E-state index in [1.807, 2.05) is 85.2 Å². The van der Waals surface area contributed by atoms with E-state index in [1.165, 1.54) is 11.8 Å². The van der Waals surface area contributed by atoms with Crippen molar-refractivity contribution in [1.82, 2.24) is 14.8 Å². The summed E-state index contributed by atoms with van der Waals surface area (Å²) >= 11 is 1.37. The Kier molecular flexibility index (Phi) is 5.58. The Bertz CT molecular complexity index is 875. The fraction of sp³-hybridized carbons (Fsp3) is 0.211. The van der Waals surface area contributed by atoms with E-state index in [2.05, 4.69) is 15.5 Å². The summed E-state index contributed by atoms with van der Waals surface area (Å²) in [5, 5.41) is 12.0. The standard InChI is InChI=1S/C19H21N5OS/c1-23(2)16-11-9-15(10-12-16)20-17(25)13-26-19-22-21-18(24(19)3)14-7-5-4-6-8-14/h4-12H,13H2,1-3H3,(H,20,25). The topological polar surface area (TPSA) is 63.1 Å². The molecule has 0 aliphatic carbocycles. The van der Waals surface area contributed by atoms with Crippen molar-refractivity contribution >= 4 is 29.0 Å². The molecule has 0 fully saturated rings. The fourth-order valence-corrected chi connectivity index (χ4v) is 3.16. The summed E-state index contributed by atoms with van der Waals surface area (Å²) in [5.41, 5.74) is 2.87. The van der Waals surface area contributed by atoms with Crippen molar-refractivity contribution in [2.24, 2.45) is 7.05 Å². The maximum Gasteiger partial charge on any atom is 0.234 e. The zero-order valence-electron chi connectivity index (χ0n) is 15.0. The number of nitrogens with one attached hydrogen (secondary N) is 1. The van der Waals surface area contributed by atoms with Gasteiger partial charge in [-0.2, -0.15) is 0 Å². The van der Waals surface area contributed by atoms with E-state index >= 15 is 0 Å². The molecule has 1 amide bonds. The van der Waals surface area contributed by atoms with Gasteiger partial charge in [0.1, 0.15) is 0 Å². The van der Waals surface area contributed by atoms with Crippen LogP contribution in [0.2, 0.25) is 0 Å². The van der Waals surface area contributed by atoms with E-state index < -0.39 is 0 Å². The molecule has 1 aromatic heterocycles. The quantitative estimate of drug-likeness (QED) is 0.678. The van der Waals surface area contributed by atoms with Crippen molar-refractivity contribution in [1.29, 1.82) is 0 Å². The normalized spacial score (nSPS) is 10.6. The molecule has 1 N–H and O–H groups in total. The van der Waals surface area contributed by atoms with Crippen LogP contribution in [-0.4, -0.2) is 40.5 Å². The molecule has 0 saturated heterocycles. The van der Waals surface area contributed by atoms with Gasteiger partial charge in [-0.3, -0.25) is 4.79 Å². The van der Waals surface area contributed by atoms with E-state index in [0.29, 0.717) is 5.16 Å². The first-order valence-electron chi connectivity index (χ1n) is 8.19. The highest BCUT2D eigenvalue weighted by molar-refractivity contribution is 7.99. The monoisotopic (exact) mass is 367 g/mol. The summed E-state index contributed by atoms with van der Waals surface area (Å²) < 4.78 is 1.90. The Labute approximate surface area is 157 Å². The number of anilines is 2. The molecule has 7 heteroatoms. The zero-order chi connectivity index (χ0) is 18.5.